The summed E-state index contributed by atoms with van der Waals surface area (Å²) in [5.41, 5.74) is -1.74. The third-order valence-electron chi connectivity index (χ3n) is 3.91. The first-order chi connectivity index (χ1) is 9.06. The first-order valence-corrected chi connectivity index (χ1v) is 9.17. The highest BCUT2D eigenvalue weighted by molar-refractivity contribution is 7.72. The highest BCUT2D eigenvalue weighted by Gasteiger charge is 2.75. The largest absolute Gasteiger partial charge is 0.374 e. The third-order valence-corrected chi connectivity index (χ3v) is 7.93. The number of hydrogen-bond donors (Lipinski definition) is 6. The van der Waals surface area contributed by atoms with Crippen LogP contribution in [0.3, 0.4) is 0 Å². The molecule has 0 amide bonds. The van der Waals surface area contributed by atoms with Crippen LogP contribution in [0.4, 0.5) is 0 Å². The summed E-state index contributed by atoms with van der Waals surface area (Å²) in [6.45, 7) is 0. The van der Waals surface area contributed by atoms with Crippen LogP contribution in [0, 0.1) is 0 Å². The zero-order chi connectivity index (χ0) is 15.2. The Morgan fingerprint density at radius 2 is 1.60 bits per heavy atom. The Kier molecular flexibility index (Phi) is 3.76. The van der Waals surface area contributed by atoms with Crippen LogP contribution in [0.1, 0.15) is 25.7 Å². The monoisotopic (exact) mass is 327 g/mol. The summed E-state index contributed by atoms with van der Waals surface area (Å²) < 4.78 is 24.7. The second-order valence-corrected chi connectivity index (χ2v) is 8.80. The Labute approximate surface area is 114 Å². The standard InChI is InChI=1S/C9H16N2O7P2/c12-9(19(13,14)15,20(16,17)18)8(3-1-2-4-8)11-6-5-10-7-11/h5-7,12H,1-4H2,(H4,13,14,15,16,17,18)/p+1. The van der Waals surface area contributed by atoms with Crippen molar-refractivity contribution in [3.8, 4) is 0 Å². The molecule has 1 fully saturated rings. The first kappa shape index (κ1) is 15.9. The molecule has 11 heteroatoms. The highest BCUT2D eigenvalue weighted by Crippen LogP contribution is 2.74. The molecule has 20 heavy (non-hydrogen) atoms. The van der Waals surface area contributed by atoms with E-state index < -0.39 is 25.8 Å². The van der Waals surface area contributed by atoms with Gasteiger partial charge in [0.05, 0.1) is 0 Å². The molecule has 1 aliphatic rings. The van der Waals surface area contributed by atoms with Crippen LogP contribution >= 0.6 is 15.2 Å². The fourth-order valence-electron chi connectivity index (χ4n) is 2.99. The lowest BCUT2D eigenvalue weighted by molar-refractivity contribution is -0.771. The van der Waals surface area contributed by atoms with Gasteiger partial charge in [-0.25, -0.2) is 4.57 Å². The maximum absolute atomic E-state index is 11.7. The van der Waals surface area contributed by atoms with Gasteiger partial charge >= 0.3 is 20.3 Å². The molecule has 0 bridgehead atoms. The smallest absolute Gasteiger partial charge is 0.364 e. The van der Waals surface area contributed by atoms with Crippen LogP contribution in [-0.4, -0.2) is 34.7 Å². The fourth-order valence-corrected chi connectivity index (χ4v) is 6.11. The predicted molar refractivity (Wildman–Crippen MR) is 66.5 cm³/mol. The van der Waals surface area contributed by atoms with Crippen molar-refractivity contribution in [2.75, 3.05) is 0 Å². The number of aromatic amines is 1. The lowest BCUT2D eigenvalue weighted by Crippen LogP contribution is -2.66. The van der Waals surface area contributed by atoms with Gasteiger partial charge in [0.25, 0.3) is 0 Å². The van der Waals surface area contributed by atoms with E-state index in [2.05, 4.69) is 4.98 Å². The number of imidazole rings is 1. The maximum Gasteiger partial charge on any atom is 0.374 e. The Morgan fingerprint density at radius 1 is 1.10 bits per heavy atom. The summed E-state index contributed by atoms with van der Waals surface area (Å²) in [4.78, 5) is 40.4. The van der Waals surface area contributed by atoms with E-state index in [1.54, 1.807) is 0 Å². The van der Waals surface area contributed by atoms with Crippen molar-refractivity contribution >= 4 is 15.2 Å². The minimum Gasteiger partial charge on any atom is -0.364 e. The van der Waals surface area contributed by atoms with Crippen molar-refractivity contribution < 1.29 is 38.4 Å². The molecule has 1 aliphatic carbocycles. The SMILES string of the molecule is O=P(O)(O)C(O)(C1([n+]2cc[nH]c2)CCCC1)P(=O)(O)O. The van der Waals surface area contributed by atoms with Gasteiger partial charge in [-0.3, -0.25) is 14.1 Å². The van der Waals surface area contributed by atoms with E-state index in [4.69, 9.17) is 0 Å². The van der Waals surface area contributed by atoms with Gasteiger partial charge in [0, 0.05) is 0 Å². The molecule has 0 saturated heterocycles. The molecule has 0 atom stereocenters. The molecule has 1 heterocycles. The van der Waals surface area contributed by atoms with Crippen LogP contribution in [0.25, 0.3) is 0 Å². The zero-order valence-corrected chi connectivity index (χ0v) is 12.2. The van der Waals surface area contributed by atoms with Crippen molar-refractivity contribution in [3.63, 3.8) is 0 Å². The van der Waals surface area contributed by atoms with Gasteiger partial charge in [-0.2, -0.15) is 0 Å². The Hall–Kier alpha value is -0.530. The average Bonchev–Trinajstić information content (AvgIpc) is 2.96. The van der Waals surface area contributed by atoms with Crippen LogP contribution in [-0.2, 0) is 14.7 Å². The fraction of sp³-hybridized carbons (Fsp3) is 0.667. The molecule has 1 aromatic heterocycles. The van der Waals surface area contributed by atoms with Gasteiger partial charge < -0.3 is 24.7 Å². The number of aromatic nitrogens is 2. The van der Waals surface area contributed by atoms with Crippen molar-refractivity contribution in [1.29, 1.82) is 0 Å². The molecule has 114 valence electrons. The highest BCUT2D eigenvalue weighted by atomic mass is 31.2. The molecular formula is C9H17N2O7P2+. The summed E-state index contributed by atoms with van der Waals surface area (Å²) >= 11 is 0. The van der Waals surface area contributed by atoms with E-state index in [0.29, 0.717) is 12.8 Å². The van der Waals surface area contributed by atoms with Crippen LogP contribution in [0.15, 0.2) is 18.7 Å². The molecule has 1 saturated carbocycles. The van der Waals surface area contributed by atoms with Crippen LogP contribution in [0.2, 0.25) is 0 Å². The molecule has 0 aliphatic heterocycles. The summed E-state index contributed by atoms with van der Waals surface area (Å²) in [5.74, 6) is 0. The lowest BCUT2D eigenvalue weighted by Gasteiger charge is -2.41. The topological polar surface area (TPSA) is 155 Å². The van der Waals surface area contributed by atoms with Crippen molar-refractivity contribution in [2.24, 2.45) is 0 Å². The minimum atomic E-state index is -5.51. The molecule has 0 spiro atoms. The summed E-state index contributed by atoms with van der Waals surface area (Å²) in [6.07, 6.45) is 5.27. The Balaban J connectivity index is 2.74. The van der Waals surface area contributed by atoms with Gasteiger partial charge in [0.15, 0.2) is 5.54 Å². The molecule has 9 nitrogen and oxygen atoms in total. The Morgan fingerprint density at radius 3 is 1.95 bits per heavy atom. The van der Waals surface area contributed by atoms with E-state index >= 15 is 0 Å². The number of hydrogen-bond acceptors (Lipinski definition) is 3. The van der Waals surface area contributed by atoms with Crippen LogP contribution < -0.4 is 4.57 Å². The molecule has 1 aromatic rings. The molecule has 0 aromatic carbocycles. The molecule has 2 rings (SSSR count). The predicted octanol–water partition coefficient (Wildman–Crippen LogP) is -0.427. The summed E-state index contributed by atoms with van der Waals surface area (Å²) in [5, 5.41) is 7.00. The maximum atomic E-state index is 11.7. The second kappa shape index (κ2) is 4.74. The molecule has 0 unspecified atom stereocenters. The second-order valence-electron chi connectivity index (χ2n) is 4.98. The van der Waals surface area contributed by atoms with Gasteiger partial charge in [-0.05, 0) is 25.7 Å². The lowest BCUT2D eigenvalue weighted by atomic mass is 9.98. The quantitative estimate of drug-likeness (QED) is 0.324. The number of nitrogens with one attached hydrogen (secondary N) is 1. The van der Waals surface area contributed by atoms with E-state index in [1.807, 2.05) is 0 Å². The van der Waals surface area contributed by atoms with Crippen molar-refractivity contribution in [2.45, 2.75) is 36.3 Å². The van der Waals surface area contributed by atoms with E-state index in [1.165, 1.54) is 23.3 Å². The van der Waals surface area contributed by atoms with E-state index in [0.717, 1.165) is 0 Å². The number of nitrogens with zero attached hydrogens (tertiary/aromatic N) is 1. The minimum absolute atomic E-state index is 0.0578. The van der Waals surface area contributed by atoms with Gasteiger partial charge in [-0.15, -0.1) is 0 Å². The van der Waals surface area contributed by atoms with Gasteiger partial charge in [0.1, 0.15) is 12.4 Å². The normalized spacial score (nSPS) is 20.2. The summed E-state index contributed by atoms with van der Waals surface area (Å²) in [7, 11) is -11.0. The van der Waals surface area contributed by atoms with Gasteiger partial charge in [-0.1, -0.05) is 0 Å². The zero-order valence-electron chi connectivity index (χ0n) is 10.5. The van der Waals surface area contributed by atoms with Crippen molar-refractivity contribution in [1.82, 2.24) is 4.98 Å². The molecule has 6 N–H and O–H groups in total. The van der Waals surface area contributed by atoms with E-state index in [9.17, 15) is 33.8 Å². The number of rotatable bonds is 4. The van der Waals surface area contributed by atoms with Crippen molar-refractivity contribution in [3.05, 3.63) is 18.7 Å². The van der Waals surface area contributed by atoms with Gasteiger partial charge in [0.2, 0.25) is 6.33 Å². The van der Waals surface area contributed by atoms with Crippen LogP contribution in [0.5, 0.6) is 0 Å². The molecular weight excluding hydrogens is 310 g/mol. The number of H-pyrrole nitrogens is 1. The number of aliphatic hydroxyl groups is 1. The first-order valence-electron chi connectivity index (χ1n) is 5.94. The third kappa shape index (κ3) is 2.02. The Bertz CT molecular complexity index is 547. The summed E-state index contributed by atoms with van der Waals surface area (Å²) in [6, 6.07) is 0. The molecule has 0 radical (unpaired) electrons. The van der Waals surface area contributed by atoms with E-state index in [-0.39, 0.29) is 12.8 Å². The average molecular weight is 327 g/mol.